The van der Waals surface area contributed by atoms with E-state index < -0.39 is 14.9 Å². The van der Waals surface area contributed by atoms with E-state index in [0.717, 1.165) is 38.8 Å². The van der Waals surface area contributed by atoms with Crippen molar-refractivity contribution in [3.05, 3.63) is 106 Å². The number of carbonyl (C=O) groups excluding carboxylic acids is 1. The molecule has 0 aliphatic carbocycles. The summed E-state index contributed by atoms with van der Waals surface area (Å²) < 4.78 is 29.2. The summed E-state index contributed by atoms with van der Waals surface area (Å²) in [6.07, 6.45) is 2.66. The zero-order valence-corrected chi connectivity index (χ0v) is 21.7. The molecular weight excluding hydrogens is 502 g/mol. The first-order valence-corrected chi connectivity index (χ1v) is 14.1. The summed E-state index contributed by atoms with van der Waals surface area (Å²) in [6, 6.07) is 24.3. The zero-order valence-electron chi connectivity index (χ0n) is 20.8. The molecule has 1 atom stereocenters. The van der Waals surface area contributed by atoms with Crippen LogP contribution in [-0.4, -0.2) is 41.6 Å². The van der Waals surface area contributed by atoms with Gasteiger partial charge >= 0.3 is 0 Å². The SMILES string of the molecule is O=CCC(c1cc2cc([N+](=O)[O-])ccc2n1S(=O)(=O)c1ccccc1)C1CCN(Cc2ccccc2)CC1. The summed E-state index contributed by atoms with van der Waals surface area (Å²) in [4.78, 5) is 25.3. The molecule has 0 amide bonds. The highest BCUT2D eigenvalue weighted by Gasteiger charge is 2.33. The number of nitro benzene ring substituents is 1. The van der Waals surface area contributed by atoms with Gasteiger partial charge in [-0.1, -0.05) is 48.5 Å². The maximum atomic E-state index is 13.9. The molecule has 1 fully saturated rings. The van der Waals surface area contributed by atoms with Crippen molar-refractivity contribution >= 4 is 32.9 Å². The Morgan fingerprint density at radius 2 is 1.61 bits per heavy atom. The molecule has 4 aromatic rings. The summed E-state index contributed by atoms with van der Waals surface area (Å²) in [5.41, 5.74) is 2.00. The molecule has 0 spiro atoms. The molecule has 0 N–H and O–H groups in total. The minimum atomic E-state index is -4.02. The minimum Gasteiger partial charge on any atom is -0.303 e. The standard InChI is InChI=1S/C29H29N3O5S/c33-18-15-27(23-13-16-30(17-14-23)21-22-7-3-1-4-8-22)29-20-24-19-25(32(34)35)11-12-28(24)31(29)38(36,37)26-9-5-2-6-10-26/h1-12,18-20,23,27H,13-17,21H2. The summed E-state index contributed by atoms with van der Waals surface area (Å²) >= 11 is 0. The first-order chi connectivity index (χ1) is 18.4. The Morgan fingerprint density at radius 3 is 2.24 bits per heavy atom. The van der Waals surface area contributed by atoms with Gasteiger partial charge in [0.2, 0.25) is 0 Å². The lowest BCUT2D eigenvalue weighted by Gasteiger charge is -2.36. The van der Waals surface area contributed by atoms with Crippen LogP contribution in [0.2, 0.25) is 0 Å². The summed E-state index contributed by atoms with van der Waals surface area (Å²) in [5.74, 6) is -0.243. The molecule has 8 nitrogen and oxygen atoms in total. The van der Waals surface area contributed by atoms with Gasteiger partial charge in [0.1, 0.15) is 6.29 Å². The molecule has 1 unspecified atom stereocenters. The average molecular weight is 532 g/mol. The Balaban J connectivity index is 1.53. The Morgan fingerprint density at radius 1 is 0.947 bits per heavy atom. The lowest BCUT2D eigenvalue weighted by Crippen LogP contribution is -2.36. The molecule has 3 aromatic carbocycles. The number of nitrogens with zero attached hydrogens (tertiary/aromatic N) is 3. The van der Waals surface area contributed by atoms with Crippen molar-refractivity contribution in [2.45, 2.75) is 36.6 Å². The van der Waals surface area contributed by atoms with Crippen molar-refractivity contribution in [3.8, 4) is 0 Å². The van der Waals surface area contributed by atoms with Gasteiger partial charge in [-0.15, -0.1) is 0 Å². The smallest absolute Gasteiger partial charge is 0.270 e. The van der Waals surface area contributed by atoms with Crippen molar-refractivity contribution in [2.75, 3.05) is 13.1 Å². The van der Waals surface area contributed by atoms with Gasteiger partial charge in [0.15, 0.2) is 0 Å². The van der Waals surface area contributed by atoms with Gasteiger partial charge in [-0.25, -0.2) is 12.4 Å². The Bertz CT molecular complexity index is 1540. The van der Waals surface area contributed by atoms with Crippen LogP contribution in [0.15, 0.2) is 89.8 Å². The van der Waals surface area contributed by atoms with Crippen molar-refractivity contribution in [1.29, 1.82) is 0 Å². The molecule has 1 aliphatic heterocycles. The van der Waals surface area contributed by atoms with E-state index in [1.807, 2.05) is 18.2 Å². The van der Waals surface area contributed by atoms with Crippen LogP contribution in [0.1, 0.15) is 36.4 Å². The van der Waals surface area contributed by atoms with E-state index in [1.165, 1.54) is 39.9 Å². The number of rotatable bonds is 9. The quantitative estimate of drug-likeness (QED) is 0.163. The average Bonchev–Trinajstić information content (AvgIpc) is 3.32. The van der Waals surface area contributed by atoms with Crippen LogP contribution in [0.25, 0.3) is 10.9 Å². The molecule has 1 saturated heterocycles. The van der Waals surface area contributed by atoms with Crippen molar-refractivity contribution in [1.82, 2.24) is 8.87 Å². The number of fused-ring (bicyclic) bond motifs is 1. The summed E-state index contributed by atoms with van der Waals surface area (Å²) in [7, 11) is -4.02. The maximum Gasteiger partial charge on any atom is 0.270 e. The first-order valence-electron chi connectivity index (χ1n) is 12.7. The van der Waals surface area contributed by atoms with Crippen LogP contribution in [-0.2, 0) is 21.4 Å². The number of aldehydes is 1. The number of hydrogen-bond acceptors (Lipinski definition) is 6. The molecular formula is C29H29N3O5S. The minimum absolute atomic E-state index is 0.0937. The largest absolute Gasteiger partial charge is 0.303 e. The number of benzene rings is 3. The highest BCUT2D eigenvalue weighted by Crippen LogP contribution is 2.40. The van der Waals surface area contributed by atoms with Crippen LogP contribution in [0, 0.1) is 16.0 Å². The number of hydrogen-bond donors (Lipinski definition) is 0. The number of non-ortho nitro benzene ring substituents is 1. The van der Waals surface area contributed by atoms with E-state index >= 15 is 0 Å². The normalized spacial score (nSPS) is 15.9. The third-order valence-electron chi connectivity index (χ3n) is 7.44. The molecule has 0 radical (unpaired) electrons. The number of nitro groups is 1. The van der Waals surface area contributed by atoms with Crippen LogP contribution in [0.3, 0.4) is 0 Å². The number of aromatic nitrogens is 1. The van der Waals surface area contributed by atoms with Crippen LogP contribution in [0.4, 0.5) is 5.69 Å². The fraction of sp³-hybridized carbons (Fsp3) is 0.276. The predicted molar refractivity (Wildman–Crippen MR) is 145 cm³/mol. The van der Waals surface area contributed by atoms with Crippen molar-refractivity contribution in [2.24, 2.45) is 5.92 Å². The van der Waals surface area contributed by atoms with E-state index in [1.54, 1.807) is 24.3 Å². The first kappa shape index (κ1) is 25.8. The van der Waals surface area contributed by atoms with E-state index in [2.05, 4.69) is 17.0 Å². The molecule has 196 valence electrons. The summed E-state index contributed by atoms with van der Waals surface area (Å²) in [6.45, 7) is 2.52. The molecule has 1 aromatic heterocycles. The number of carbonyl (C=O) groups is 1. The van der Waals surface area contributed by atoms with E-state index in [0.29, 0.717) is 16.6 Å². The van der Waals surface area contributed by atoms with Crippen LogP contribution in [0.5, 0.6) is 0 Å². The van der Waals surface area contributed by atoms with Gasteiger partial charge < -0.3 is 4.79 Å². The maximum absolute atomic E-state index is 13.9. The van der Waals surface area contributed by atoms with Gasteiger partial charge in [-0.05, 0) is 61.7 Å². The fourth-order valence-corrected chi connectivity index (χ4v) is 7.15. The van der Waals surface area contributed by atoms with Crippen LogP contribution >= 0.6 is 0 Å². The Kier molecular flexibility index (Phi) is 7.40. The second-order valence-electron chi connectivity index (χ2n) is 9.76. The Labute approximate surface area is 221 Å². The topological polar surface area (TPSA) is 103 Å². The third-order valence-corrected chi connectivity index (χ3v) is 9.20. The monoisotopic (exact) mass is 531 g/mol. The third kappa shape index (κ3) is 5.12. The second-order valence-corrected chi connectivity index (χ2v) is 11.5. The van der Waals surface area contributed by atoms with Gasteiger partial charge in [-0.2, -0.15) is 0 Å². The Hall–Kier alpha value is -3.82. The lowest BCUT2D eigenvalue weighted by atomic mass is 9.80. The molecule has 5 rings (SSSR count). The molecule has 38 heavy (non-hydrogen) atoms. The van der Waals surface area contributed by atoms with Gasteiger partial charge in [0, 0.05) is 42.1 Å². The lowest BCUT2D eigenvalue weighted by molar-refractivity contribution is -0.384. The van der Waals surface area contributed by atoms with E-state index in [9.17, 15) is 23.3 Å². The number of likely N-dealkylation sites (tertiary alicyclic amines) is 1. The van der Waals surface area contributed by atoms with Crippen molar-refractivity contribution < 1.29 is 18.1 Å². The molecule has 0 bridgehead atoms. The van der Waals surface area contributed by atoms with Crippen molar-refractivity contribution in [3.63, 3.8) is 0 Å². The molecule has 0 saturated carbocycles. The van der Waals surface area contributed by atoms with Crippen LogP contribution < -0.4 is 0 Å². The second kappa shape index (κ2) is 10.9. The van der Waals surface area contributed by atoms with Gasteiger partial charge in [-0.3, -0.25) is 15.0 Å². The fourth-order valence-electron chi connectivity index (χ4n) is 5.55. The predicted octanol–water partition coefficient (Wildman–Crippen LogP) is 5.37. The van der Waals surface area contributed by atoms with E-state index in [-0.39, 0.29) is 28.8 Å². The molecule has 1 aliphatic rings. The van der Waals surface area contributed by atoms with Gasteiger partial charge in [0.25, 0.3) is 15.7 Å². The highest BCUT2D eigenvalue weighted by atomic mass is 32.2. The van der Waals surface area contributed by atoms with E-state index in [4.69, 9.17) is 0 Å². The van der Waals surface area contributed by atoms with Gasteiger partial charge in [0.05, 0.1) is 15.3 Å². The highest BCUT2D eigenvalue weighted by molar-refractivity contribution is 7.90. The zero-order chi connectivity index (χ0) is 26.7. The number of piperidine rings is 1. The summed E-state index contributed by atoms with van der Waals surface area (Å²) in [5, 5.41) is 11.9. The molecule has 2 heterocycles. The molecule has 9 heteroatoms.